The maximum atomic E-state index is 13.1. The minimum Gasteiger partial charge on any atom is -0.496 e. The molecule has 0 bridgehead atoms. The molecular weight excluding hydrogens is 530 g/mol. The lowest BCUT2D eigenvalue weighted by molar-refractivity contribution is 0.102. The minimum absolute atomic E-state index is 0.000619. The van der Waals surface area contributed by atoms with Gasteiger partial charge in [-0.1, -0.05) is 0 Å². The van der Waals surface area contributed by atoms with Crippen LogP contribution in [0.4, 0.5) is 11.4 Å². The van der Waals surface area contributed by atoms with Crippen LogP contribution >= 0.6 is 0 Å². The Morgan fingerprint density at radius 1 is 0.868 bits per heavy atom. The fourth-order valence-corrected chi connectivity index (χ4v) is 6.62. The van der Waals surface area contributed by atoms with Crippen molar-refractivity contribution in [1.29, 1.82) is 0 Å². The van der Waals surface area contributed by atoms with E-state index in [0.29, 0.717) is 36.8 Å². The molecule has 0 atom stereocenters. The smallest absolute Gasteiger partial charge is 0.261 e. The maximum absolute atomic E-state index is 13.1. The molecule has 0 unspecified atom stereocenters. The van der Waals surface area contributed by atoms with Crippen LogP contribution in [0, 0.1) is 0 Å². The summed E-state index contributed by atoms with van der Waals surface area (Å²) < 4.78 is 66.0. The van der Waals surface area contributed by atoms with E-state index >= 15 is 0 Å². The van der Waals surface area contributed by atoms with Gasteiger partial charge in [-0.2, -0.15) is 4.31 Å². The molecule has 1 amide bonds. The first-order chi connectivity index (χ1) is 18.1. The number of amides is 1. The molecule has 0 saturated carbocycles. The number of carbonyl (C=O) groups is 1. The first kappa shape index (κ1) is 27.4. The van der Waals surface area contributed by atoms with Gasteiger partial charge in [0.2, 0.25) is 10.0 Å². The SMILES string of the molecule is CCOc1ccc(NS(=O)(=O)c2ccc(NC(=O)c3cc(S(=O)(=O)N4CCCC4)ccc3OC)cc2)cc1. The van der Waals surface area contributed by atoms with Gasteiger partial charge in [0.15, 0.2) is 0 Å². The number of benzene rings is 3. The zero-order valence-corrected chi connectivity index (χ0v) is 22.6. The van der Waals surface area contributed by atoms with Gasteiger partial charge < -0.3 is 14.8 Å². The van der Waals surface area contributed by atoms with Gasteiger partial charge in [-0.25, -0.2) is 16.8 Å². The van der Waals surface area contributed by atoms with E-state index in [9.17, 15) is 21.6 Å². The zero-order valence-electron chi connectivity index (χ0n) is 21.0. The molecule has 12 heteroatoms. The number of rotatable bonds is 10. The monoisotopic (exact) mass is 559 g/mol. The molecule has 38 heavy (non-hydrogen) atoms. The van der Waals surface area contributed by atoms with Gasteiger partial charge in [0.25, 0.3) is 15.9 Å². The molecule has 2 N–H and O–H groups in total. The van der Waals surface area contributed by atoms with E-state index in [1.165, 1.54) is 53.9 Å². The summed E-state index contributed by atoms with van der Waals surface area (Å²) in [5.74, 6) is 0.247. The van der Waals surface area contributed by atoms with E-state index in [4.69, 9.17) is 9.47 Å². The Kier molecular flexibility index (Phi) is 8.24. The molecule has 3 aromatic rings. The van der Waals surface area contributed by atoms with E-state index in [1.54, 1.807) is 24.3 Å². The van der Waals surface area contributed by atoms with Gasteiger partial charge in [0, 0.05) is 24.5 Å². The molecule has 1 aliphatic heterocycles. The minimum atomic E-state index is -3.87. The number of hydrogen-bond donors (Lipinski definition) is 2. The number of carbonyl (C=O) groups excluding carboxylic acids is 1. The van der Waals surface area contributed by atoms with Crippen LogP contribution in [0.25, 0.3) is 0 Å². The molecule has 1 saturated heterocycles. The van der Waals surface area contributed by atoms with Crippen molar-refractivity contribution in [3.8, 4) is 11.5 Å². The van der Waals surface area contributed by atoms with E-state index in [-0.39, 0.29) is 21.1 Å². The second-order valence-corrected chi connectivity index (χ2v) is 12.1. The number of hydrogen-bond acceptors (Lipinski definition) is 7. The Morgan fingerprint density at radius 2 is 1.47 bits per heavy atom. The summed E-state index contributed by atoms with van der Waals surface area (Å²) in [6.07, 6.45) is 1.59. The van der Waals surface area contributed by atoms with E-state index < -0.39 is 26.0 Å². The number of anilines is 2. The third-order valence-electron chi connectivity index (χ3n) is 5.96. The molecular formula is C26H29N3O7S2. The molecule has 0 radical (unpaired) electrons. The van der Waals surface area contributed by atoms with Crippen LogP contribution in [0.15, 0.2) is 76.5 Å². The van der Waals surface area contributed by atoms with Crippen molar-refractivity contribution in [2.45, 2.75) is 29.6 Å². The third-order valence-corrected chi connectivity index (χ3v) is 9.25. The van der Waals surface area contributed by atoms with E-state index in [1.807, 2.05) is 6.92 Å². The van der Waals surface area contributed by atoms with E-state index in [2.05, 4.69) is 10.0 Å². The highest BCUT2D eigenvalue weighted by molar-refractivity contribution is 7.92. The summed E-state index contributed by atoms with van der Waals surface area (Å²) in [5.41, 5.74) is 0.744. The lowest BCUT2D eigenvalue weighted by atomic mass is 10.2. The summed E-state index contributed by atoms with van der Waals surface area (Å²) in [7, 11) is -6.21. The summed E-state index contributed by atoms with van der Waals surface area (Å²) in [5, 5.41) is 2.67. The highest BCUT2D eigenvalue weighted by Crippen LogP contribution is 2.28. The highest BCUT2D eigenvalue weighted by atomic mass is 32.2. The lowest BCUT2D eigenvalue weighted by Gasteiger charge is -2.17. The van der Waals surface area contributed by atoms with Crippen LogP contribution in [0.1, 0.15) is 30.1 Å². The molecule has 0 aromatic heterocycles. The van der Waals surface area contributed by atoms with Crippen molar-refractivity contribution in [2.24, 2.45) is 0 Å². The van der Waals surface area contributed by atoms with Crippen LogP contribution in [-0.4, -0.2) is 53.9 Å². The number of nitrogens with zero attached hydrogens (tertiary/aromatic N) is 1. The summed E-state index contributed by atoms with van der Waals surface area (Å²) >= 11 is 0. The Hall–Kier alpha value is -3.61. The first-order valence-electron chi connectivity index (χ1n) is 12.0. The number of nitrogens with one attached hydrogen (secondary N) is 2. The van der Waals surface area contributed by atoms with Crippen molar-refractivity contribution >= 4 is 37.3 Å². The van der Waals surface area contributed by atoms with Gasteiger partial charge in [-0.15, -0.1) is 0 Å². The van der Waals surface area contributed by atoms with Crippen LogP contribution in [0.5, 0.6) is 11.5 Å². The molecule has 1 fully saturated rings. The van der Waals surface area contributed by atoms with Crippen LogP contribution < -0.4 is 19.5 Å². The fourth-order valence-electron chi connectivity index (χ4n) is 4.02. The average Bonchev–Trinajstić information content (AvgIpc) is 3.46. The summed E-state index contributed by atoms with van der Waals surface area (Å²) in [6.45, 7) is 3.25. The molecule has 1 heterocycles. The van der Waals surface area contributed by atoms with Gasteiger partial charge in [0.1, 0.15) is 11.5 Å². The zero-order chi connectivity index (χ0) is 27.3. The largest absolute Gasteiger partial charge is 0.496 e. The Balaban J connectivity index is 1.49. The number of sulfonamides is 2. The third kappa shape index (κ3) is 6.09. The number of methoxy groups -OCH3 is 1. The van der Waals surface area contributed by atoms with Gasteiger partial charge >= 0.3 is 0 Å². The predicted molar refractivity (Wildman–Crippen MR) is 144 cm³/mol. The molecule has 4 rings (SSSR count). The molecule has 3 aromatic carbocycles. The van der Waals surface area contributed by atoms with Crippen molar-refractivity contribution in [3.63, 3.8) is 0 Å². The van der Waals surface area contributed by atoms with Gasteiger partial charge in [-0.05, 0) is 86.5 Å². The van der Waals surface area contributed by atoms with Crippen LogP contribution in [0.2, 0.25) is 0 Å². The first-order valence-corrected chi connectivity index (χ1v) is 14.9. The van der Waals surface area contributed by atoms with Crippen molar-refractivity contribution in [2.75, 3.05) is 36.8 Å². The highest BCUT2D eigenvalue weighted by Gasteiger charge is 2.28. The van der Waals surface area contributed by atoms with Gasteiger partial charge in [0.05, 0.1) is 29.1 Å². The summed E-state index contributed by atoms with van der Waals surface area (Å²) in [4.78, 5) is 13.1. The molecule has 10 nitrogen and oxygen atoms in total. The quantitative estimate of drug-likeness (QED) is 0.385. The number of ether oxygens (including phenoxy) is 2. The second kappa shape index (κ2) is 11.4. The lowest BCUT2D eigenvalue weighted by Crippen LogP contribution is -2.28. The summed E-state index contributed by atoms with van der Waals surface area (Å²) in [6, 6.07) is 16.3. The van der Waals surface area contributed by atoms with Crippen LogP contribution in [-0.2, 0) is 20.0 Å². The topological polar surface area (TPSA) is 131 Å². The predicted octanol–water partition coefficient (Wildman–Crippen LogP) is 3.93. The average molecular weight is 560 g/mol. The van der Waals surface area contributed by atoms with Gasteiger partial charge in [-0.3, -0.25) is 9.52 Å². The van der Waals surface area contributed by atoms with Crippen molar-refractivity contribution < 1.29 is 31.1 Å². The second-order valence-electron chi connectivity index (χ2n) is 8.51. The van der Waals surface area contributed by atoms with E-state index in [0.717, 1.165) is 12.8 Å². The Bertz CT molecular complexity index is 1500. The molecule has 0 spiro atoms. The Labute approximate surface area is 222 Å². The molecule has 1 aliphatic rings. The molecule has 202 valence electrons. The molecule has 0 aliphatic carbocycles. The fraction of sp³-hybridized carbons (Fsp3) is 0.269. The Morgan fingerprint density at radius 3 is 2.08 bits per heavy atom. The maximum Gasteiger partial charge on any atom is 0.261 e. The normalized spacial score (nSPS) is 14.2. The standard InChI is InChI=1S/C26H29N3O7S2/c1-3-36-21-10-6-20(7-11-21)28-37(31,32)22-12-8-19(9-13-22)27-26(30)24-18-23(14-15-25(24)35-2)38(33,34)29-16-4-5-17-29/h6-15,18,28H,3-5,16-17H2,1-2H3,(H,27,30). The van der Waals surface area contributed by atoms with Crippen molar-refractivity contribution in [1.82, 2.24) is 4.31 Å². The van der Waals surface area contributed by atoms with Crippen LogP contribution in [0.3, 0.4) is 0 Å². The van der Waals surface area contributed by atoms with Crippen molar-refractivity contribution in [3.05, 3.63) is 72.3 Å².